The highest BCUT2D eigenvalue weighted by Crippen LogP contribution is 2.27. The van der Waals surface area contributed by atoms with E-state index in [2.05, 4.69) is 5.32 Å². The SMILES string of the molecule is CN(C)c1ccc(C=C2C(=O)NC(=S)N(c3ccc(Oc4ccccc4)cc3)C2=O)cc1. The van der Waals surface area contributed by atoms with Gasteiger partial charge in [0.05, 0.1) is 5.69 Å². The molecule has 32 heavy (non-hydrogen) atoms. The first-order valence-electron chi connectivity index (χ1n) is 9.94. The van der Waals surface area contributed by atoms with Gasteiger partial charge in [-0.05, 0) is 72.4 Å². The second-order valence-electron chi connectivity index (χ2n) is 7.35. The highest BCUT2D eigenvalue weighted by atomic mass is 32.1. The van der Waals surface area contributed by atoms with Crippen LogP contribution in [0, 0.1) is 0 Å². The minimum absolute atomic E-state index is 0.0146. The molecule has 0 aliphatic carbocycles. The molecule has 1 N–H and O–H groups in total. The largest absolute Gasteiger partial charge is 0.457 e. The van der Waals surface area contributed by atoms with Gasteiger partial charge in [-0.25, -0.2) is 0 Å². The number of nitrogens with one attached hydrogen (secondary N) is 1. The molecule has 0 unspecified atom stereocenters. The Kier molecular flexibility index (Phi) is 6.00. The second-order valence-corrected chi connectivity index (χ2v) is 7.74. The smallest absolute Gasteiger partial charge is 0.270 e. The molecule has 7 heteroatoms. The molecule has 160 valence electrons. The van der Waals surface area contributed by atoms with Gasteiger partial charge in [-0.15, -0.1) is 0 Å². The summed E-state index contributed by atoms with van der Waals surface area (Å²) in [5.74, 6) is 0.336. The lowest BCUT2D eigenvalue weighted by Crippen LogP contribution is -2.54. The molecular weight excluding hydrogens is 422 g/mol. The van der Waals surface area contributed by atoms with Gasteiger partial charge >= 0.3 is 0 Å². The van der Waals surface area contributed by atoms with Crippen molar-refractivity contribution in [2.75, 3.05) is 23.9 Å². The Morgan fingerprint density at radius 2 is 1.50 bits per heavy atom. The fraction of sp³-hybridized carbons (Fsp3) is 0.0800. The van der Waals surface area contributed by atoms with Gasteiger partial charge in [0.1, 0.15) is 17.1 Å². The molecule has 2 amide bonds. The number of anilines is 2. The van der Waals surface area contributed by atoms with Crippen LogP contribution in [0.15, 0.2) is 84.4 Å². The minimum Gasteiger partial charge on any atom is -0.457 e. The second kappa shape index (κ2) is 9.03. The number of carbonyl (C=O) groups excluding carboxylic acids is 2. The van der Waals surface area contributed by atoms with Gasteiger partial charge in [-0.1, -0.05) is 30.3 Å². The number of hydrogen-bond acceptors (Lipinski definition) is 5. The summed E-state index contributed by atoms with van der Waals surface area (Å²) in [6.07, 6.45) is 1.57. The van der Waals surface area contributed by atoms with Gasteiger partial charge in [-0.2, -0.15) is 0 Å². The van der Waals surface area contributed by atoms with E-state index >= 15 is 0 Å². The molecule has 1 saturated heterocycles. The van der Waals surface area contributed by atoms with Crippen LogP contribution in [0.4, 0.5) is 11.4 Å². The number of carbonyl (C=O) groups is 2. The first kappa shape index (κ1) is 21.3. The Morgan fingerprint density at radius 1 is 0.875 bits per heavy atom. The highest BCUT2D eigenvalue weighted by molar-refractivity contribution is 7.80. The van der Waals surface area contributed by atoms with E-state index in [4.69, 9.17) is 17.0 Å². The number of nitrogens with zero attached hydrogens (tertiary/aromatic N) is 2. The first-order valence-corrected chi connectivity index (χ1v) is 10.3. The van der Waals surface area contributed by atoms with Crippen LogP contribution < -0.4 is 19.9 Å². The maximum Gasteiger partial charge on any atom is 0.270 e. The summed E-state index contributed by atoms with van der Waals surface area (Å²) in [7, 11) is 3.89. The molecule has 4 rings (SSSR count). The van der Waals surface area contributed by atoms with Gasteiger partial charge in [0, 0.05) is 19.8 Å². The van der Waals surface area contributed by atoms with Crippen molar-refractivity contribution in [3.8, 4) is 11.5 Å². The molecular formula is C25H21N3O3S. The van der Waals surface area contributed by atoms with Crippen molar-refractivity contribution in [1.29, 1.82) is 0 Å². The fourth-order valence-electron chi connectivity index (χ4n) is 3.22. The van der Waals surface area contributed by atoms with E-state index in [0.717, 1.165) is 11.3 Å². The highest BCUT2D eigenvalue weighted by Gasteiger charge is 2.34. The van der Waals surface area contributed by atoms with Crippen LogP contribution in [0.1, 0.15) is 5.56 Å². The summed E-state index contributed by atoms with van der Waals surface area (Å²) in [6, 6.07) is 23.9. The standard InChI is InChI=1S/C25H21N3O3S/c1-27(2)18-10-8-17(9-11-18)16-22-23(29)26-25(32)28(24(22)30)19-12-14-21(15-13-19)31-20-6-4-3-5-7-20/h3-16H,1-2H3,(H,26,29,32). The number of thiocarbonyl (C=S) groups is 1. The lowest BCUT2D eigenvalue weighted by Gasteiger charge is -2.29. The predicted molar refractivity (Wildman–Crippen MR) is 130 cm³/mol. The van der Waals surface area contributed by atoms with Crippen molar-refractivity contribution in [1.82, 2.24) is 5.32 Å². The number of rotatable bonds is 5. The maximum atomic E-state index is 13.2. The molecule has 0 aromatic heterocycles. The van der Waals surface area contributed by atoms with Crippen molar-refractivity contribution in [2.45, 2.75) is 0 Å². The van der Waals surface area contributed by atoms with Gasteiger partial charge in [0.15, 0.2) is 5.11 Å². The monoisotopic (exact) mass is 443 g/mol. The topological polar surface area (TPSA) is 61.9 Å². The van der Waals surface area contributed by atoms with E-state index < -0.39 is 11.8 Å². The Hall–Kier alpha value is -3.97. The van der Waals surface area contributed by atoms with E-state index in [9.17, 15) is 9.59 Å². The van der Waals surface area contributed by atoms with Crippen LogP contribution in [0.3, 0.4) is 0 Å². The summed E-state index contributed by atoms with van der Waals surface area (Å²) in [5, 5.41) is 2.64. The molecule has 6 nitrogen and oxygen atoms in total. The molecule has 3 aromatic rings. The summed E-state index contributed by atoms with van der Waals surface area (Å²) >= 11 is 5.27. The van der Waals surface area contributed by atoms with Crippen LogP contribution in [0.5, 0.6) is 11.5 Å². The maximum absolute atomic E-state index is 13.2. The molecule has 1 fully saturated rings. The molecule has 0 radical (unpaired) electrons. The molecule has 0 bridgehead atoms. The molecule has 1 aliphatic rings. The Labute approximate surface area is 191 Å². The fourth-order valence-corrected chi connectivity index (χ4v) is 3.50. The predicted octanol–water partition coefficient (Wildman–Crippen LogP) is 4.38. The summed E-state index contributed by atoms with van der Waals surface area (Å²) in [4.78, 5) is 28.9. The van der Waals surface area contributed by atoms with Gasteiger partial charge in [0.25, 0.3) is 11.8 Å². The van der Waals surface area contributed by atoms with Crippen molar-refractivity contribution >= 4 is 46.6 Å². The third-order valence-electron chi connectivity index (χ3n) is 4.90. The van der Waals surface area contributed by atoms with E-state index in [1.165, 1.54) is 4.90 Å². The summed E-state index contributed by atoms with van der Waals surface area (Å²) < 4.78 is 5.80. The van der Waals surface area contributed by atoms with E-state index in [1.54, 1.807) is 30.3 Å². The van der Waals surface area contributed by atoms with Gasteiger partial charge in [-0.3, -0.25) is 19.8 Å². The number of hydrogen-bond donors (Lipinski definition) is 1. The van der Waals surface area contributed by atoms with Crippen LogP contribution in [-0.4, -0.2) is 31.0 Å². The average molecular weight is 444 g/mol. The zero-order valence-corrected chi connectivity index (χ0v) is 18.4. The zero-order chi connectivity index (χ0) is 22.7. The third-order valence-corrected chi connectivity index (χ3v) is 5.18. The van der Waals surface area contributed by atoms with Crippen LogP contribution in [-0.2, 0) is 9.59 Å². The average Bonchev–Trinajstić information content (AvgIpc) is 2.79. The van der Waals surface area contributed by atoms with Crippen molar-refractivity contribution in [3.63, 3.8) is 0 Å². The van der Waals surface area contributed by atoms with Crippen LogP contribution >= 0.6 is 12.2 Å². The normalized spacial score (nSPS) is 15.0. The quantitative estimate of drug-likeness (QED) is 0.360. The lowest BCUT2D eigenvalue weighted by molar-refractivity contribution is -0.122. The molecule has 0 spiro atoms. The van der Waals surface area contributed by atoms with Crippen LogP contribution in [0.25, 0.3) is 6.08 Å². The summed E-state index contributed by atoms with van der Waals surface area (Å²) in [6.45, 7) is 0. The number of para-hydroxylation sites is 1. The Morgan fingerprint density at radius 3 is 2.12 bits per heavy atom. The van der Waals surface area contributed by atoms with E-state index in [0.29, 0.717) is 17.2 Å². The molecule has 0 saturated carbocycles. The molecule has 1 aliphatic heterocycles. The van der Waals surface area contributed by atoms with E-state index in [-0.39, 0.29) is 10.7 Å². The van der Waals surface area contributed by atoms with Crippen LogP contribution in [0.2, 0.25) is 0 Å². The molecule has 3 aromatic carbocycles. The number of benzene rings is 3. The van der Waals surface area contributed by atoms with Crippen molar-refractivity contribution < 1.29 is 14.3 Å². The number of amides is 2. The molecule has 1 heterocycles. The first-order chi connectivity index (χ1) is 15.4. The summed E-state index contributed by atoms with van der Waals surface area (Å²) in [5.41, 5.74) is 2.32. The van der Waals surface area contributed by atoms with Crippen molar-refractivity contribution in [2.24, 2.45) is 0 Å². The van der Waals surface area contributed by atoms with E-state index in [1.807, 2.05) is 73.6 Å². The van der Waals surface area contributed by atoms with Gasteiger partial charge in [0.2, 0.25) is 0 Å². The molecule has 0 atom stereocenters. The Bertz CT molecular complexity index is 1190. The lowest BCUT2D eigenvalue weighted by atomic mass is 10.1. The number of ether oxygens (including phenoxy) is 1. The minimum atomic E-state index is -0.517. The van der Waals surface area contributed by atoms with Crippen molar-refractivity contribution in [3.05, 3.63) is 90.0 Å². The third kappa shape index (κ3) is 4.53. The van der Waals surface area contributed by atoms with Gasteiger partial charge < -0.3 is 9.64 Å². The Balaban J connectivity index is 1.58. The zero-order valence-electron chi connectivity index (χ0n) is 17.6.